The second-order valence-electron chi connectivity index (χ2n) is 7.35. The average molecular weight is 486 g/mol. The predicted octanol–water partition coefficient (Wildman–Crippen LogP) is 6.15. The van der Waals surface area contributed by atoms with Crippen molar-refractivity contribution in [2.24, 2.45) is 0 Å². The number of carbonyl (C=O) groups is 1. The quantitative estimate of drug-likeness (QED) is 0.356. The van der Waals surface area contributed by atoms with Crippen LogP contribution >= 0.6 is 11.6 Å². The van der Waals surface area contributed by atoms with Gasteiger partial charge in [0, 0.05) is 23.2 Å². The maximum atomic E-state index is 13.4. The molecule has 0 spiro atoms. The Balaban J connectivity index is 1.61. The van der Waals surface area contributed by atoms with Gasteiger partial charge in [0.2, 0.25) is 0 Å². The largest absolute Gasteiger partial charge is 0.496 e. The Morgan fingerprint density at radius 2 is 1.71 bits per heavy atom. The first kappa shape index (κ1) is 23.4. The van der Waals surface area contributed by atoms with Crippen LogP contribution < -0.4 is 10.1 Å². The number of nitrogens with one attached hydrogen (secondary N) is 1. The maximum Gasteiger partial charge on any atom is 0.435 e. The van der Waals surface area contributed by atoms with Crippen molar-refractivity contribution >= 4 is 17.5 Å². The van der Waals surface area contributed by atoms with Crippen LogP contribution in [0.5, 0.6) is 5.75 Å². The molecule has 9 heteroatoms. The summed E-state index contributed by atoms with van der Waals surface area (Å²) in [4.78, 5) is 12.6. The van der Waals surface area contributed by atoms with Crippen molar-refractivity contribution in [3.05, 3.63) is 101 Å². The van der Waals surface area contributed by atoms with Crippen LogP contribution in [0.15, 0.2) is 78.9 Å². The van der Waals surface area contributed by atoms with E-state index >= 15 is 0 Å². The SMILES string of the molecule is COc1ccccc1CNC(=O)c1ccc(-c2cc(C(F)(F)F)nn2-c2ccccc2Cl)cc1. The van der Waals surface area contributed by atoms with E-state index in [9.17, 15) is 18.0 Å². The normalized spacial score (nSPS) is 11.3. The molecule has 3 aromatic carbocycles. The molecule has 1 heterocycles. The van der Waals surface area contributed by atoms with Gasteiger partial charge in [-0.15, -0.1) is 0 Å². The molecular weight excluding hydrogens is 467 g/mol. The number of benzene rings is 3. The third kappa shape index (κ3) is 4.92. The zero-order valence-electron chi connectivity index (χ0n) is 17.9. The molecule has 5 nitrogen and oxygen atoms in total. The van der Waals surface area contributed by atoms with Crippen LogP contribution in [0.1, 0.15) is 21.6 Å². The summed E-state index contributed by atoms with van der Waals surface area (Å²) in [7, 11) is 1.55. The van der Waals surface area contributed by atoms with Crippen LogP contribution in [-0.4, -0.2) is 22.8 Å². The first-order chi connectivity index (χ1) is 16.3. The van der Waals surface area contributed by atoms with Crippen LogP contribution in [0.2, 0.25) is 5.02 Å². The van der Waals surface area contributed by atoms with Crippen molar-refractivity contribution in [3.8, 4) is 22.7 Å². The van der Waals surface area contributed by atoms with Crippen molar-refractivity contribution in [1.82, 2.24) is 15.1 Å². The maximum absolute atomic E-state index is 13.4. The van der Waals surface area contributed by atoms with Gasteiger partial charge in [0.05, 0.1) is 23.5 Å². The van der Waals surface area contributed by atoms with E-state index < -0.39 is 11.9 Å². The molecule has 0 unspecified atom stereocenters. The lowest BCUT2D eigenvalue weighted by atomic mass is 10.1. The van der Waals surface area contributed by atoms with Crippen molar-refractivity contribution in [2.75, 3.05) is 7.11 Å². The number of aromatic nitrogens is 2. The van der Waals surface area contributed by atoms with Gasteiger partial charge in [-0.1, -0.05) is 54.1 Å². The number of amides is 1. The van der Waals surface area contributed by atoms with Crippen LogP contribution in [-0.2, 0) is 12.7 Å². The highest BCUT2D eigenvalue weighted by Gasteiger charge is 2.35. The summed E-state index contributed by atoms with van der Waals surface area (Å²) in [6, 6.07) is 21.0. The number of carbonyl (C=O) groups excluding carboxylic acids is 1. The topological polar surface area (TPSA) is 56.1 Å². The van der Waals surface area contributed by atoms with Gasteiger partial charge in [0.1, 0.15) is 5.75 Å². The van der Waals surface area contributed by atoms with Crippen molar-refractivity contribution in [3.63, 3.8) is 0 Å². The van der Waals surface area contributed by atoms with E-state index in [0.717, 1.165) is 16.3 Å². The molecule has 0 radical (unpaired) electrons. The zero-order chi connectivity index (χ0) is 24.3. The summed E-state index contributed by atoms with van der Waals surface area (Å²) in [5, 5.41) is 6.81. The van der Waals surface area contributed by atoms with Crippen molar-refractivity contribution in [1.29, 1.82) is 0 Å². The minimum atomic E-state index is -4.63. The third-order valence-electron chi connectivity index (χ3n) is 5.16. The summed E-state index contributed by atoms with van der Waals surface area (Å²) < 4.78 is 46.6. The van der Waals surface area contributed by atoms with Crippen LogP contribution in [0.4, 0.5) is 13.2 Å². The lowest BCUT2D eigenvalue weighted by Gasteiger charge is -2.11. The highest BCUT2D eigenvalue weighted by Crippen LogP contribution is 2.34. The standard InChI is InChI=1S/C25H19ClF3N3O2/c1-34-22-9-5-2-6-18(22)15-30-24(33)17-12-10-16(11-13-17)21-14-23(25(27,28)29)31-32(21)20-8-4-3-7-19(20)26/h2-14H,15H2,1H3,(H,30,33). The van der Waals surface area contributed by atoms with Gasteiger partial charge in [-0.25, -0.2) is 4.68 Å². The van der Waals surface area contributed by atoms with E-state index in [1.807, 2.05) is 18.2 Å². The number of halogens is 4. The third-order valence-corrected chi connectivity index (χ3v) is 5.47. The fraction of sp³-hybridized carbons (Fsp3) is 0.120. The van der Waals surface area contributed by atoms with E-state index in [1.54, 1.807) is 61.7 Å². The van der Waals surface area contributed by atoms with Crippen molar-refractivity contribution in [2.45, 2.75) is 12.7 Å². The van der Waals surface area contributed by atoms with Crippen molar-refractivity contribution < 1.29 is 22.7 Å². The molecule has 0 fully saturated rings. The molecule has 1 amide bonds. The van der Waals surface area contributed by atoms with Crippen LogP contribution in [0.25, 0.3) is 16.9 Å². The minimum absolute atomic E-state index is 0.196. The molecule has 0 aliphatic rings. The Bertz CT molecular complexity index is 1320. The van der Waals surface area contributed by atoms with Gasteiger partial charge in [-0.3, -0.25) is 4.79 Å². The molecule has 0 aliphatic carbocycles. The number of hydrogen-bond donors (Lipinski definition) is 1. The number of methoxy groups -OCH3 is 1. The number of rotatable bonds is 6. The molecule has 0 bridgehead atoms. The number of alkyl halides is 3. The summed E-state index contributed by atoms with van der Waals surface area (Å²) >= 11 is 6.21. The molecule has 0 saturated heterocycles. The van der Waals surface area contributed by atoms with E-state index in [1.165, 1.54) is 0 Å². The van der Waals surface area contributed by atoms with Gasteiger partial charge in [-0.05, 0) is 36.4 Å². The fourth-order valence-electron chi connectivity index (χ4n) is 3.45. The lowest BCUT2D eigenvalue weighted by Crippen LogP contribution is -2.23. The van der Waals surface area contributed by atoms with E-state index in [4.69, 9.17) is 16.3 Å². The molecule has 1 N–H and O–H groups in total. The molecule has 4 aromatic rings. The van der Waals surface area contributed by atoms with Gasteiger partial charge < -0.3 is 10.1 Å². The molecule has 0 atom stereocenters. The molecule has 34 heavy (non-hydrogen) atoms. The van der Waals surface area contributed by atoms with E-state index in [2.05, 4.69) is 10.4 Å². The highest BCUT2D eigenvalue weighted by molar-refractivity contribution is 6.32. The average Bonchev–Trinajstić information content (AvgIpc) is 3.29. The molecular formula is C25H19ClF3N3O2. The second kappa shape index (κ2) is 9.61. The zero-order valence-corrected chi connectivity index (χ0v) is 18.7. The van der Waals surface area contributed by atoms with Gasteiger partial charge in [-0.2, -0.15) is 18.3 Å². The van der Waals surface area contributed by atoms with Gasteiger partial charge in [0.15, 0.2) is 5.69 Å². The summed E-state index contributed by atoms with van der Waals surface area (Å²) in [5.74, 6) is 0.333. The summed E-state index contributed by atoms with van der Waals surface area (Å²) in [6.07, 6.45) is -4.63. The number of hydrogen-bond acceptors (Lipinski definition) is 3. The smallest absolute Gasteiger partial charge is 0.435 e. The van der Waals surface area contributed by atoms with Gasteiger partial charge >= 0.3 is 6.18 Å². The molecule has 1 aromatic heterocycles. The number of para-hydroxylation sites is 2. The molecule has 4 rings (SSSR count). The first-order valence-electron chi connectivity index (χ1n) is 10.2. The Morgan fingerprint density at radius 3 is 2.38 bits per heavy atom. The Morgan fingerprint density at radius 1 is 1.03 bits per heavy atom. The molecule has 0 saturated carbocycles. The number of nitrogens with zero attached hydrogens (tertiary/aromatic N) is 2. The predicted molar refractivity (Wildman–Crippen MR) is 123 cm³/mol. The Kier molecular flexibility index (Phi) is 6.61. The monoisotopic (exact) mass is 485 g/mol. The molecule has 174 valence electrons. The number of ether oxygens (including phenoxy) is 1. The summed E-state index contributed by atoms with van der Waals surface area (Å²) in [5.41, 5.74) is 1.09. The van der Waals surface area contributed by atoms with E-state index in [0.29, 0.717) is 22.6 Å². The Hall–Kier alpha value is -3.78. The van der Waals surface area contributed by atoms with E-state index in [-0.39, 0.29) is 23.2 Å². The van der Waals surface area contributed by atoms with Gasteiger partial charge in [0.25, 0.3) is 5.91 Å². The Labute approximate surface area is 198 Å². The summed E-state index contributed by atoms with van der Waals surface area (Å²) in [6.45, 7) is 0.263. The minimum Gasteiger partial charge on any atom is -0.496 e. The highest BCUT2D eigenvalue weighted by atomic mass is 35.5. The van der Waals surface area contributed by atoms with Crippen LogP contribution in [0.3, 0.4) is 0 Å². The lowest BCUT2D eigenvalue weighted by molar-refractivity contribution is -0.141. The molecule has 0 aliphatic heterocycles. The fourth-order valence-corrected chi connectivity index (χ4v) is 3.67. The van der Waals surface area contributed by atoms with Crippen LogP contribution in [0, 0.1) is 0 Å². The first-order valence-corrected chi connectivity index (χ1v) is 10.6. The second-order valence-corrected chi connectivity index (χ2v) is 7.75.